The van der Waals surface area contributed by atoms with Crippen LogP contribution >= 0.6 is 11.3 Å². The molecule has 1 aromatic carbocycles. The van der Waals surface area contributed by atoms with Crippen molar-refractivity contribution in [2.75, 3.05) is 0 Å². The maximum Gasteiger partial charge on any atom is 0.319 e. The minimum atomic E-state index is -0.0897. The summed E-state index contributed by atoms with van der Waals surface area (Å²) < 4.78 is 3.19. The molecule has 4 nitrogen and oxygen atoms in total. The topological polar surface area (TPSA) is 49.9 Å². The highest BCUT2D eigenvalue weighted by molar-refractivity contribution is 7.22. The van der Waals surface area contributed by atoms with E-state index in [0.717, 1.165) is 15.2 Å². The summed E-state index contributed by atoms with van der Waals surface area (Å²) in [5.74, 6) is 0. The van der Waals surface area contributed by atoms with Gasteiger partial charge in [-0.25, -0.2) is 4.98 Å². The van der Waals surface area contributed by atoms with Crippen LogP contribution in [-0.4, -0.2) is 9.97 Å². The fraction of sp³-hybridized carbons (Fsp3) is 0.133. The summed E-state index contributed by atoms with van der Waals surface area (Å²) >= 11 is 1.58. The minimum absolute atomic E-state index is 0.0897. The van der Waals surface area contributed by atoms with Crippen molar-refractivity contribution in [3.05, 3.63) is 51.9 Å². The molecule has 0 saturated heterocycles. The van der Waals surface area contributed by atoms with Gasteiger partial charge >= 0.3 is 5.56 Å². The van der Waals surface area contributed by atoms with E-state index in [4.69, 9.17) is 0 Å². The summed E-state index contributed by atoms with van der Waals surface area (Å²) in [6.07, 6.45) is 1.72. The maximum atomic E-state index is 12.1. The van der Waals surface area contributed by atoms with Gasteiger partial charge in [-0.05, 0) is 49.2 Å². The van der Waals surface area contributed by atoms with Gasteiger partial charge in [0.1, 0.15) is 17.1 Å². The molecule has 0 bridgehead atoms. The Bertz CT molecular complexity index is 1050. The van der Waals surface area contributed by atoms with E-state index in [2.05, 4.69) is 35.9 Å². The predicted molar refractivity (Wildman–Crippen MR) is 80.4 cm³/mol. The van der Waals surface area contributed by atoms with E-state index in [1.807, 2.05) is 4.40 Å². The van der Waals surface area contributed by atoms with E-state index in [1.54, 1.807) is 29.7 Å². The molecule has 0 spiro atoms. The molecular formula is C15H12N3OS+. The molecule has 0 unspecified atom stereocenters. The van der Waals surface area contributed by atoms with Gasteiger partial charge in [-0.3, -0.25) is 4.79 Å². The third-order valence-electron chi connectivity index (χ3n) is 3.69. The third kappa shape index (κ3) is 1.44. The lowest BCUT2D eigenvalue weighted by Crippen LogP contribution is -2.28. The fourth-order valence-electron chi connectivity index (χ4n) is 2.50. The lowest BCUT2D eigenvalue weighted by molar-refractivity contribution is -0.451. The number of thiazole rings is 1. The lowest BCUT2D eigenvalue weighted by Gasteiger charge is -1.98. The van der Waals surface area contributed by atoms with Gasteiger partial charge in [0.25, 0.3) is 10.6 Å². The van der Waals surface area contributed by atoms with Gasteiger partial charge in [0.05, 0.1) is 4.70 Å². The van der Waals surface area contributed by atoms with Gasteiger partial charge in [-0.1, -0.05) is 11.3 Å². The van der Waals surface area contributed by atoms with E-state index in [1.165, 1.54) is 11.1 Å². The molecule has 3 aromatic heterocycles. The molecule has 0 atom stereocenters. The number of benzene rings is 1. The van der Waals surface area contributed by atoms with Crippen molar-refractivity contribution >= 4 is 37.5 Å². The van der Waals surface area contributed by atoms with Crippen LogP contribution in [0.25, 0.3) is 26.2 Å². The number of aromatic amines is 1. The zero-order chi connectivity index (χ0) is 13.9. The zero-order valence-electron chi connectivity index (χ0n) is 11.1. The number of rotatable bonds is 0. The van der Waals surface area contributed by atoms with Crippen LogP contribution in [0, 0.1) is 13.8 Å². The Balaban J connectivity index is 2.37. The highest BCUT2D eigenvalue weighted by atomic mass is 32.1. The number of fused-ring (bicyclic) bond motifs is 5. The summed E-state index contributed by atoms with van der Waals surface area (Å²) in [5.41, 5.74) is 4.20. The Hall–Kier alpha value is -2.27. The van der Waals surface area contributed by atoms with Crippen LogP contribution in [0.5, 0.6) is 0 Å². The number of nitrogens with one attached hydrogen (secondary N) is 1. The molecular weight excluding hydrogens is 270 g/mol. The second kappa shape index (κ2) is 3.86. The highest BCUT2D eigenvalue weighted by Gasteiger charge is 2.18. The van der Waals surface area contributed by atoms with Gasteiger partial charge in [-0.15, -0.1) is 4.98 Å². The SMILES string of the molecule is Cc1cc2sc3[nH]c(=O)c4cccnc4[n+]3c2cc1C. The molecule has 1 N–H and O–H groups in total. The summed E-state index contributed by atoms with van der Waals surface area (Å²) in [5, 5.41) is 0.614. The largest absolute Gasteiger partial charge is 0.319 e. The van der Waals surface area contributed by atoms with Crippen LogP contribution in [0.3, 0.4) is 0 Å². The summed E-state index contributed by atoms with van der Waals surface area (Å²) in [6, 6.07) is 7.90. The van der Waals surface area contributed by atoms with E-state index < -0.39 is 0 Å². The van der Waals surface area contributed by atoms with E-state index in [-0.39, 0.29) is 5.56 Å². The smallest absolute Gasteiger partial charge is 0.250 e. The Morgan fingerprint density at radius 3 is 2.90 bits per heavy atom. The number of pyridine rings is 1. The molecule has 0 saturated carbocycles. The molecule has 4 rings (SSSR count). The predicted octanol–water partition coefficient (Wildman–Crippen LogP) is 2.49. The Morgan fingerprint density at radius 1 is 1.25 bits per heavy atom. The molecule has 4 aromatic rings. The van der Waals surface area contributed by atoms with Crippen LogP contribution in [-0.2, 0) is 0 Å². The normalized spacial score (nSPS) is 11.7. The average molecular weight is 282 g/mol. The molecule has 0 radical (unpaired) electrons. The molecule has 0 aliphatic heterocycles. The van der Waals surface area contributed by atoms with Crippen molar-refractivity contribution in [1.82, 2.24) is 9.97 Å². The molecule has 3 heterocycles. The van der Waals surface area contributed by atoms with E-state index >= 15 is 0 Å². The number of aryl methyl sites for hydroxylation is 2. The molecule has 0 aliphatic rings. The van der Waals surface area contributed by atoms with Crippen molar-refractivity contribution in [3.63, 3.8) is 0 Å². The first-order chi connectivity index (χ1) is 9.65. The molecule has 5 heteroatoms. The standard InChI is InChI=1S/C15H11N3OS/c1-8-6-11-12(7-9(8)2)20-15-17-14(19)10-4-3-5-16-13(10)18(11)15/h3-7H,1-2H3/p+1. The first-order valence-corrected chi connectivity index (χ1v) is 7.19. The van der Waals surface area contributed by atoms with Crippen molar-refractivity contribution in [3.8, 4) is 0 Å². The second-order valence-corrected chi connectivity index (χ2v) is 6.01. The molecule has 0 aliphatic carbocycles. The van der Waals surface area contributed by atoms with Crippen molar-refractivity contribution < 1.29 is 4.40 Å². The Kier molecular flexibility index (Phi) is 2.23. The Morgan fingerprint density at radius 2 is 2.05 bits per heavy atom. The van der Waals surface area contributed by atoms with Gasteiger partial charge in [-0.2, -0.15) is 4.40 Å². The number of hydrogen-bond acceptors (Lipinski definition) is 3. The third-order valence-corrected chi connectivity index (χ3v) is 4.71. The van der Waals surface area contributed by atoms with Gasteiger partial charge in [0, 0.05) is 0 Å². The van der Waals surface area contributed by atoms with Crippen molar-refractivity contribution in [2.24, 2.45) is 0 Å². The average Bonchev–Trinajstić information content (AvgIpc) is 2.77. The van der Waals surface area contributed by atoms with Gasteiger partial charge < -0.3 is 0 Å². The van der Waals surface area contributed by atoms with E-state index in [0.29, 0.717) is 11.0 Å². The zero-order valence-corrected chi connectivity index (χ0v) is 11.9. The summed E-state index contributed by atoms with van der Waals surface area (Å²) in [7, 11) is 0. The number of nitrogens with zero attached hydrogens (tertiary/aromatic N) is 2. The van der Waals surface area contributed by atoms with Crippen LogP contribution in [0.1, 0.15) is 11.1 Å². The van der Waals surface area contributed by atoms with Crippen molar-refractivity contribution in [1.29, 1.82) is 0 Å². The number of hydrogen-bond donors (Lipinski definition) is 1. The van der Waals surface area contributed by atoms with E-state index in [9.17, 15) is 4.79 Å². The van der Waals surface area contributed by atoms with Crippen molar-refractivity contribution in [2.45, 2.75) is 13.8 Å². The Labute approximate surface area is 118 Å². The number of aromatic nitrogens is 3. The first kappa shape index (κ1) is 11.5. The molecule has 20 heavy (non-hydrogen) atoms. The summed E-state index contributed by atoms with van der Waals surface area (Å²) in [6.45, 7) is 4.20. The van der Waals surface area contributed by atoms with Crippen LogP contribution in [0.2, 0.25) is 0 Å². The van der Waals surface area contributed by atoms with Gasteiger partial charge in [0.15, 0.2) is 0 Å². The maximum absolute atomic E-state index is 12.1. The highest BCUT2D eigenvalue weighted by Crippen LogP contribution is 2.24. The van der Waals surface area contributed by atoms with Gasteiger partial charge in [0.2, 0.25) is 0 Å². The van der Waals surface area contributed by atoms with Crippen LogP contribution in [0.15, 0.2) is 35.3 Å². The monoisotopic (exact) mass is 282 g/mol. The summed E-state index contributed by atoms with van der Waals surface area (Å²) in [4.78, 5) is 20.3. The number of H-pyrrole nitrogens is 1. The molecule has 98 valence electrons. The van der Waals surface area contributed by atoms with Crippen LogP contribution < -0.4 is 9.96 Å². The minimum Gasteiger partial charge on any atom is -0.250 e. The molecule has 0 amide bonds. The van der Waals surface area contributed by atoms with Crippen LogP contribution in [0.4, 0.5) is 0 Å². The molecule has 0 fully saturated rings. The first-order valence-electron chi connectivity index (χ1n) is 6.38. The lowest BCUT2D eigenvalue weighted by atomic mass is 10.1. The quantitative estimate of drug-likeness (QED) is 0.504. The second-order valence-electron chi connectivity index (χ2n) is 4.98. The fourth-order valence-corrected chi connectivity index (χ4v) is 3.62.